The zero-order chi connectivity index (χ0) is 24.3. The molecule has 1 aliphatic heterocycles. The van der Waals surface area contributed by atoms with Gasteiger partial charge in [-0.2, -0.15) is 5.10 Å². The number of ether oxygens (including phenoxy) is 1. The monoisotopic (exact) mass is 466 g/mol. The topological polar surface area (TPSA) is 93.5 Å². The molecule has 1 aromatic carbocycles. The highest BCUT2D eigenvalue weighted by atomic mass is 16.5. The summed E-state index contributed by atoms with van der Waals surface area (Å²) in [5, 5.41) is 7.57. The lowest BCUT2D eigenvalue weighted by Gasteiger charge is -2.43. The standard InChI is InChI=1S/C26H34N4O4/c1-4-34-24(32)21-16-22-23(31)30(20-14-12-18(2)13-15-20)26(3,17-29(22)28-21)25(33)27-19-10-8-6-5-7-9-11-19/h12-16,19H,4-11,17H2,1-3H3,(H,27,33)/t26-/m1/s1. The van der Waals surface area contributed by atoms with Crippen LogP contribution in [0, 0.1) is 6.92 Å². The van der Waals surface area contributed by atoms with Gasteiger partial charge < -0.3 is 10.1 Å². The third-order valence-corrected chi connectivity index (χ3v) is 6.86. The predicted octanol–water partition coefficient (Wildman–Crippen LogP) is 4.02. The molecule has 0 unspecified atom stereocenters. The molecular formula is C26H34N4O4. The SMILES string of the molecule is CCOC(=O)c1cc2n(n1)C[C@](C)(C(=O)NC1CCCCCCC1)N(c1ccc(C)cc1)C2=O. The Morgan fingerprint density at radius 1 is 1.12 bits per heavy atom. The maximum atomic E-state index is 13.8. The molecule has 8 nitrogen and oxygen atoms in total. The number of aromatic nitrogens is 2. The van der Waals surface area contributed by atoms with Crippen LogP contribution in [0.5, 0.6) is 0 Å². The number of amides is 2. The van der Waals surface area contributed by atoms with Crippen LogP contribution in [0.1, 0.15) is 85.3 Å². The summed E-state index contributed by atoms with van der Waals surface area (Å²) in [5.41, 5.74) is 0.817. The first kappa shape index (κ1) is 24.0. The highest BCUT2D eigenvalue weighted by Crippen LogP contribution is 2.33. The van der Waals surface area contributed by atoms with Crippen LogP contribution in [0.2, 0.25) is 0 Å². The fraction of sp³-hybridized carbons (Fsp3) is 0.538. The molecule has 2 amide bonds. The zero-order valence-electron chi connectivity index (χ0n) is 20.3. The van der Waals surface area contributed by atoms with Gasteiger partial charge in [0, 0.05) is 17.8 Å². The maximum Gasteiger partial charge on any atom is 0.358 e. The van der Waals surface area contributed by atoms with Crippen molar-refractivity contribution >= 4 is 23.5 Å². The van der Waals surface area contributed by atoms with E-state index in [0.717, 1.165) is 31.2 Å². The number of anilines is 1. The summed E-state index contributed by atoms with van der Waals surface area (Å²) in [6.07, 6.45) is 7.69. The molecule has 1 saturated carbocycles. The van der Waals surface area contributed by atoms with Gasteiger partial charge in [-0.15, -0.1) is 0 Å². The van der Waals surface area contributed by atoms with Gasteiger partial charge in [-0.25, -0.2) is 4.79 Å². The average Bonchev–Trinajstić information content (AvgIpc) is 3.21. The van der Waals surface area contributed by atoms with Crippen LogP contribution in [-0.4, -0.2) is 45.8 Å². The van der Waals surface area contributed by atoms with Crippen molar-refractivity contribution in [1.82, 2.24) is 15.1 Å². The number of fused-ring (bicyclic) bond motifs is 1. The molecule has 2 aromatic rings. The third kappa shape index (κ3) is 4.72. The molecule has 1 atom stereocenters. The summed E-state index contributed by atoms with van der Waals surface area (Å²) in [7, 11) is 0. The Morgan fingerprint density at radius 3 is 2.41 bits per heavy atom. The van der Waals surface area contributed by atoms with E-state index in [1.807, 2.05) is 31.2 Å². The van der Waals surface area contributed by atoms with Crippen molar-refractivity contribution in [1.29, 1.82) is 0 Å². The highest BCUT2D eigenvalue weighted by Gasteiger charge is 2.49. The Bertz CT molecular complexity index is 1050. The van der Waals surface area contributed by atoms with Gasteiger partial charge in [-0.3, -0.25) is 19.2 Å². The van der Waals surface area contributed by atoms with Crippen LogP contribution < -0.4 is 10.2 Å². The predicted molar refractivity (Wildman–Crippen MR) is 129 cm³/mol. The van der Waals surface area contributed by atoms with Crippen LogP contribution >= 0.6 is 0 Å². The van der Waals surface area contributed by atoms with Crippen LogP contribution in [0.15, 0.2) is 30.3 Å². The molecule has 1 fully saturated rings. The molecule has 2 aliphatic rings. The van der Waals surface area contributed by atoms with E-state index in [-0.39, 0.29) is 42.4 Å². The second-order valence-electron chi connectivity index (χ2n) is 9.56. The largest absolute Gasteiger partial charge is 0.461 e. The van der Waals surface area contributed by atoms with E-state index in [4.69, 9.17) is 4.74 Å². The molecule has 182 valence electrons. The molecule has 0 spiro atoms. The van der Waals surface area contributed by atoms with Crippen molar-refractivity contribution in [3.63, 3.8) is 0 Å². The highest BCUT2D eigenvalue weighted by molar-refractivity contribution is 6.12. The second kappa shape index (κ2) is 9.99. The lowest BCUT2D eigenvalue weighted by molar-refractivity contribution is -0.127. The van der Waals surface area contributed by atoms with Gasteiger partial charge in [0.25, 0.3) is 5.91 Å². The van der Waals surface area contributed by atoms with Crippen molar-refractivity contribution in [3.8, 4) is 0 Å². The summed E-state index contributed by atoms with van der Waals surface area (Å²) in [6, 6.07) is 9.10. The number of nitrogens with one attached hydrogen (secondary N) is 1. The molecular weight excluding hydrogens is 432 g/mol. The van der Waals surface area contributed by atoms with Crippen molar-refractivity contribution in [2.24, 2.45) is 0 Å². The summed E-state index contributed by atoms with van der Waals surface area (Å²) in [4.78, 5) is 41.4. The smallest absolute Gasteiger partial charge is 0.358 e. The Morgan fingerprint density at radius 2 is 1.76 bits per heavy atom. The van der Waals surface area contributed by atoms with Crippen LogP contribution in [0.25, 0.3) is 0 Å². The number of carbonyl (C=O) groups excluding carboxylic acids is 3. The molecule has 0 bridgehead atoms. The van der Waals surface area contributed by atoms with Crippen molar-refractivity contribution in [2.45, 2.75) is 83.8 Å². The van der Waals surface area contributed by atoms with Gasteiger partial charge in [0.1, 0.15) is 11.2 Å². The number of nitrogens with zero attached hydrogens (tertiary/aromatic N) is 3. The molecule has 8 heteroatoms. The van der Waals surface area contributed by atoms with Gasteiger partial charge in [-0.1, -0.05) is 49.8 Å². The van der Waals surface area contributed by atoms with E-state index >= 15 is 0 Å². The van der Waals surface area contributed by atoms with E-state index in [0.29, 0.717) is 5.69 Å². The lowest BCUT2D eigenvalue weighted by Crippen LogP contribution is -2.65. The third-order valence-electron chi connectivity index (χ3n) is 6.86. The number of hydrogen-bond donors (Lipinski definition) is 1. The molecule has 34 heavy (non-hydrogen) atoms. The first-order chi connectivity index (χ1) is 16.3. The number of aryl methyl sites for hydroxylation is 1. The molecule has 1 N–H and O–H groups in total. The summed E-state index contributed by atoms with van der Waals surface area (Å²) in [5.74, 6) is -1.15. The fourth-order valence-electron chi connectivity index (χ4n) is 4.93. The van der Waals surface area contributed by atoms with Crippen LogP contribution in [0.3, 0.4) is 0 Å². The van der Waals surface area contributed by atoms with E-state index < -0.39 is 11.5 Å². The van der Waals surface area contributed by atoms with Gasteiger partial charge in [0.2, 0.25) is 5.91 Å². The van der Waals surface area contributed by atoms with Gasteiger partial charge in [-0.05, 0) is 45.7 Å². The number of rotatable bonds is 5. The molecule has 1 aromatic heterocycles. The molecule has 2 heterocycles. The van der Waals surface area contributed by atoms with Gasteiger partial charge >= 0.3 is 5.97 Å². The minimum absolute atomic E-state index is 0.0683. The van der Waals surface area contributed by atoms with E-state index in [2.05, 4.69) is 10.4 Å². The van der Waals surface area contributed by atoms with Gasteiger partial charge in [0.05, 0.1) is 13.2 Å². The minimum Gasteiger partial charge on any atom is -0.461 e. The van der Waals surface area contributed by atoms with E-state index in [1.165, 1.54) is 30.0 Å². The van der Waals surface area contributed by atoms with Gasteiger partial charge in [0.15, 0.2) is 5.69 Å². The van der Waals surface area contributed by atoms with Crippen molar-refractivity contribution < 1.29 is 19.1 Å². The zero-order valence-corrected chi connectivity index (χ0v) is 20.3. The fourth-order valence-corrected chi connectivity index (χ4v) is 4.93. The minimum atomic E-state index is -1.21. The molecule has 4 rings (SSSR count). The molecule has 0 radical (unpaired) electrons. The lowest BCUT2D eigenvalue weighted by atomic mass is 9.91. The Balaban J connectivity index is 1.70. The second-order valence-corrected chi connectivity index (χ2v) is 9.56. The average molecular weight is 467 g/mol. The summed E-state index contributed by atoms with van der Waals surface area (Å²) >= 11 is 0. The van der Waals surface area contributed by atoms with Crippen LogP contribution in [0.4, 0.5) is 5.69 Å². The molecule has 0 saturated heterocycles. The van der Waals surface area contributed by atoms with Crippen LogP contribution in [-0.2, 0) is 16.1 Å². The van der Waals surface area contributed by atoms with E-state index in [9.17, 15) is 14.4 Å². The maximum absolute atomic E-state index is 13.8. The normalized spacial score (nSPS) is 21.4. The van der Waals surface area contributed by atoms with Crippen molar-refractivity contribution in [2.75, 3.05) is 11.5 Å². The van der Waals surface area contributed by atoms with Crippen molar-refractivity contribution in [3.05, 3.63) is 47.3 Å². The Hall–Kier alpha value is -3.16. The number of benzene rings is 1. The number of esters is 1. The number of hydrogen-bond acceptors (Lipinski definition) is 5. The Kier molecular flexibility index (Phi) is 7.05. The van der Waals surface area contributed by atoms with E-state index in [1.54, 1.807) is 18.7 Å². The number of carbonyl (C=O) groups is 3. The molecule has 1 aliphatic carbocycles. The summed E-state index contributed by atoms with van der Waals surface area (Å²) < 4.78 is 6.54. The quantitative estimate of drug-likeness (QED) is 0.672. The summed E-state index contributed by atoms with van der Waals surface area (Å²) in [6.45, 7) is 5.82. The Labute approximate surface area is 200 Å². The first-order valence-electron chi connectivity index (χ1n) is 12.3. The first-order valence-corrected chi connectivity index (χ1v) is 12.3.